The molecule has 0 aliphatic heterocycles. The summed E-state index contributed by atoms with van der Waals surface area (Å²) in [6.07, 6.45) is 10.5. The molecule has 0 amide bonds. The van der Waals surface area contributed by atoms with Crippen molar-refractivity contribution in [3.8, 4) is 27.9 Å². The van der Waals surface area contributed by atoms with E-state index in [-0.39, 0.29) is 5.41 Å². The monoisotopic (exact) mass is 736 g/mol. The van der Waals surface area contributed by atoms with E-state index >= 15 is 0 Å². The van der Waals surface area contributed by atoms with E-state index in [9.17, 15) is 0 Å². The van der Waals surface area contributed by atoms with Crippen LogP contribution in [0.5, 0.6) is 0 Å². The molecular formula is C55H48N2. The average Bonchev–Trinajstić information content (AvgIpc) is 3.71. The third-order valence-corrected chi connectivity index (χ3v) is 12.9. The van der Waals surface area contributed by atoms with Crippen molar-refractivity contribution in [2.75, 3.05) is 4.90 Å². The number of hydrogen-bond donors (Lipinski definition) is 0. The van der Waals surface area contributed by atoms with Gasteiger partial charge in [0, 0.05) is 38.9 Å². The van der Waals surface area contributed by atoms with Gasteiger partial charge in [-0.25, -0.2) is 0 Å². The van der Waals surface area contributed by atoms with Crippen LogP contribution in [0.25, 0.3) is 61.9 Å². The molecule has 2 heteroatoms. The normalized spacial score (nSPS) is 14.7. The molecule has 10 rings (SSSR count). The minimum absolute atomic E-state index is 0.0750. The first-order valence-electron chi connectivity index (χ1n) is 20.6. The molecule has 8 aromatic rings. The second-order valence-corrected chi connectivity index (χ2v) is 16.6. The lowest BCUT2D eigenvalue weighted by Gasteiger charge is -2.26. The molecule has 57 heavy (non-hydrogen) atoms. The smallest absolute Gasteiger partial charge is 0.0544 e. The minimum atomic E-state index is -0.0750. The van der Waals surface area contributed by atoms with Crippen LogP contribution < -0.4 is 4.90 Å². The third kappa shape index (κ3) is 5.94. The molecule has 2 aliphatic carbocycles. The molecule has 0 atom stereocenters. The molecule has 1 heterocycles. The van der Waals surface area contributed by atoms with E-state index in [1.807, 2.05) is 12.2 Å². The van der Waals surface area contributed by atoms with Crippen LogP contribution in [0.3, 0.4) is 0 Å². The van der Waals surface area contributed by atoms with Gasteiger partial charge in [-0.1, -0.05) is 137 Å². The fourth-order valence-electron chi connectivity index (χ4n) is 9.77. The second kappa shape index (κ2) is 14.0. The zero-order valence-electron chi connectivity index (χ0n) is 33.0. The van der Waals surface area contributed by atoms with E-state index in [0.717, 1.165) is 28.2 Å². The minimum Gasteiger partial charge on any atom is -0.311 e. The molecule has 0 unspecified atom stereocenters. The van der Waals surface area contributed by atoms with Crippen molar-refractivity contribution in [2.45, 2.75) is 57.3 Å². The maximum atomic E-state index is 3.96. The molecule has 0 saturated heterocycles. The highest BCUT2D eigenvalue weighted by Crippen LogP contribution is 2.51. The van der Waals surface area contributed by atoms with Crippen LogP contribution in [0.4, 0.5) is 17.1 Å². The molecule has 2 aliphatic rings. The SMILES string of the molecule is C=Cc1ccc(N(c2ccc(C=C)cc2)c2ccc(-c3ccc4c(c3)c3cc5c(cc3n4-c3ccc(C4CCCCC4)cc3)C(C)(C)c3ccccc3-5)cc2)cc1. The second-order valence-electron chi connectivity index (χ2n) is 16.6. The third-order valence-electron chi connectivity index (χ3n) is 12.9. The molecular weight excluding hydrogens is 689 g/mol. The highest BCUT2D eigenvalue weighted by atomic mass is 15.1. The largest absolute Gasteiger partial charge is 0.311 e. The van der Waals surface area contributed by atoms with Crippen molar-refractivity contribution in [1.82, 2.24) is 4.57 Å². The Balaban J connectivity index is 1.09. The molecule has 2 nitrogen and oxygen atoms in total. The lowest BCUT2D eigenvalue weighted by atomic mass is 9.82. The summed E-state index contributed by atoms with van der Waals surface area (Å²) in [6.45, 7) is 12.7. The van der Waals surface area contributed by atoms with Crippen LogP contribution >= 0.6 is 0 Å². The fraction of sp³-hybridized carbons (Fsp3) is 0.164. The van der Waals surface area contributed by atoms with E-state index in [4.69, 9.17) is 0 Å². The highest BCUT2D eigenvalue weighted by molar-refractivity contribution is 6.12. The van der Waals surface area contributed by atoms with Gasteiger partial charge in [0.1, 0.15) is 0 Å². The van der Waals surface area contributed by atoms with Crippen molar-refractivity contribution < 1.29 is 0 Å². The van der Waals surface area contributed by atoms with Crippen molar-refractivity contribution in [3.63, 3.8) is 0 Å². The number of rotatable bonds is 8. The van der Waals surface area contributed by atoms with Crippen LogP contribution in [0, 0.1) is 0 Å². The summed E-state index contributed by atoms with van der Waals surface area (Å²) in [6, 6.07) is 56.7. The van der Waals surface area contributed by atoms with Crippen LogP contribution in [0.1, 0.15) is 79.7 Å². The van der Waals surface area contributed by atoms with E-state index in [1.54, 1.807) is 0 Å². The van der Waals surface area contributed by atoms with Gasteiger partial charge in [-0.2, -0.15) is 0 Å². The van der Waals surface area contributed by atoms with E-state index in [2.05, 4.69) is 188 Å². The summed E-state index contributed by atoms with van der Waals surface area (Å²) < 4.78 is 2.51. The summed E-state index contributed by atoms with van der Waals surface area (Å²) in [7, 11) is 0. The molecule has 0 spiro atoms. The van der Waals surface area contributed by atoms with Crippen molar-refractivity contribution >= 4 is 51.0 Å². The standard InChI is InChI=1S/C55H48N2/c1-5-37-16-25-43(26-17-37)56(44-27-18-38(6-2)19-28-44)45-29-22-41(23-30-45)42-24-33-53-49(34-42)50-35-48-47-14-10-11-15-51(47)55(3,4)52(48)36-54(50)57(53)46-31-20-40(21-32-46)39-12-8-7-9-13-39/h5-6,10-11,14-36,39H,1-2,7-9,12-13H2,3-4H3. The topological polar surface area (TPSA) is 8.17 Å². The number of nitrogens with zero attached hydrogens (tertiary/aromatic N) is 2. The summed E-state index contributed by atoms with van der Waals surface area (Å²) >= 11 is 0. The lowest BCUT2D eigenvalue weighted by Crippen LogP contribution is -2.14. The number of anilines is 3. The molecule has 0 bridgehead atoms. The Morgan fingerprint density at radius 2 is 1.12 bits per heavy atom. The van der Waals surface area contributed by atoms with Gasteiger partial charge < -0.3 is 9.47 Å². The lowest BCUT2D eigenvalue weighted by molar-refractivity contribution is 0.443. The van der Waals surface area contributed by atoms with Gasteiger partial charge in [0.05, 0.1) is 11.0 Å². The Labute approximate surface area is 337 Å². The predicted molar refractivity (Wildman–Crippen MR) is 244 cm³/mol. The first-order chi connectivity index (χ1) is 27.9. The maximum Gasteiger partial charge on any atom is 0.0544 e. The van der Waals surface area contributed by atoms with Gasteiger partial charge in [0.25, 0.3) is 0 Å². The number of hydrogen-bond acceptors (Lipinski definition) is 1. The van der Waals surface area contributed by atoms with Crippen molar-refractivity contribution in [3.05, 3.63) is 193 Å². The number of benzene rings is 7. The fourth-order valence-corrected chi connectivity index (χ4v) is 9.77. The molecule has 0 radical (unpaired) electrons. The molecule has 1 fully saturated rings. The first-order valence-corrected chi connectivity index (χ1v) is 20.6. The maximum absolute atomic E-state index is 3.96. The number of fused-ring (bicyclic) bond motifs is 6. The van der Waals surface area contributed by atoms with E-state index in [1.165, 1.54) is 98.5 Å². The zero-order chi connectivity index (χ0) is 38.7. The molecule has 1 aromatic heterocycles. The Hall–Kier alpha value is -6.38. The van der Waals surface area contributed by atoms with Gasteiger partial charge in [0.2, 0.25) is 0 Å². The van der Waals surface area contributed by atoms with Gasteiger partial charge in [-0.15, -0.1) is 0 Å². The molecule has 7 aromatic carbocycles. The summed E-state index contributed by atoms with van der Waals surface area (Å²) in [5.41, 5.74) is 18.5. The molecule has 278 valence electrons. The van der Waals surface area contributed by atoms with Crippen molar-refractivity contribution in [2.24, 2.45) is 0 Å². The van der Waals surface area contributed by atoms with Crippen LogP contribution in [0.2, 0.25) is 0 Å². The van der Waals surface area contributed by atoms with E-state index in [0.29, 0.717) is 5.92 Å². The Morgan fingerprint density at radius 3 is 1.75 bits per heavy atom. The van der Waals surface area contributed by atoms with Gasteiger partial charge in [-0.3, -0.25) is 0 Å². The Morgan fingerprint density at radius 1 is 0.544 bits per heavy atom. The average molecular weight is 737 g/mol. The quantitative estimate of drug-likeness (QED) is 0.151. The van der Waals surface area contributed by atoms with Gasteiger partial charge >= 0.3 is 0 Å². The van der Waals surface area contributed by atoms with Gasteiger partial charge in [-0.05, 0) is 142 Å². The molecule has 0 N–H and O–H groups in total. The summed E-state index contributed by atoms with van der Waals surface area (Å²) in [4.78, 5) is 2.31. The van der Waals surface area contributed by atoms with Crippen LogP contribution in [-0.2, 0) is 5.41 Å². The predicted octanol–water partition coefficient (Wildman–Crippen LogP) is 15.6. The first kappa shape index (κ1) is 35.1. The highest BCUT2D eigenvalue weighted by Gasteiger charge is 2.36. The number of aromatic nitrogens is 1. The van der Waals surface area contributed by atoms with Crippen molar-refractivity contribution in [1.29, 1.82) is 0 Å². The summed E-state index contributed by atoms with van der Waals surface area (Å²) in [5.74, 6) is 0.685. The zero-order valence-corrected chi connectivity index (χ0v) is 33.0. The van der Waals surface area contributed by atoms with Crippen LogP contribution in [-0.4, -0.2) is 4.57 Å². The van der Waals surface area contributed by atoms with Crippen LogP contribution in [0.15, 0.2) is 165 Å². The Bertz CT molecular complexity index is 2740. The van der Waals surface area contributed by atoms with E-state index < -0.39 is 0 Å². The van der Waals surface area contributed by atoms with Gasteiger partial charge in [0.15, 0.2) is 0 Å². The summed E-state index contributed by atoms with van der Waals surface area (Å²) in [5, 5.41) is 2.57. The molecule has 1 saturated carbocycles. The Kier molecular flexibility index (Phi) is 8.60.